The minimum atomic E-state index is 0. The highest BCUT2D eigenvalue weighted by Crippen LogP contribution is 2.21. The first-order valence-corrected chi connectivity index (χ1v) is 10.6. The minimum absolute atomic E-state index is 0. The maximum absolute atomic E-state index is 5.23. The van der Waals surface area contributed by atoms with Gasteiger partial charge in [-0.05, 0) is 82.3 Å². The van der Waals surface area contributed by atoms with Crippen LogP contribution in [0.5, 0.6) is 5.75 Å². The fourth-order valence-corrected chi connectivity index (χ4v) is 3.49. The molecule has 1 aliphatic rings. The first-order valence-electron chi connectivity index (χ1n) is 10.6. The number of guanidine groups is 1. The molecule has 1 fully saturated rings. The topological polar surface area (TPSA) is 48.9 Å². The van der Waals surface area contributed by atoms with Crippen molar-refractivity contribution in [2.45, 2.75) is 51.9 Å². The molecule has 5 nitrogen and oxygen atoms in total. The van der Waals surface area contributed by atoms with Gasteiger partial charge < -0.3 is 20.3 Å². The Hall–Kier alpha value is -1.02. The zero-order valence-electron chi connectivity index (χ0n) is 17.9. The van der Waals surface area contributed by atoms with Gasteiger partial charge in [-0.1, -0.05) is 19.1 Å². The van der Waals surface area contributed by atoms with Crippen LogP contribution in [0, 0.1) is 0 Å². The number of aliphatic imine (C=N–C) groups is 1. The van der Waals surface area contributed by atoms with E-state index in [9.17, 15) is 0 Å². The Morgan fingerprint density at radius 2 is 1.86 bits per heavy atom. The molecule has 6 heteroatoms. The van der Waals surface area contributed by atoms with E-state index in [1.54, 1.807) is 7.11 Å². The van der Waals surface area contributed by atoms with Crippen molar-refractivity contribution in [3.8, 4) is 5.75 Å². The van der Waals surface area contributed by atoms with Crippen molar-refractivity contribution in [1.82, 2.24) is 15.5 Å². The summed E-state index contributed by atoms with van der Waals surface area (Å²) in [5.74, 6) is 2.36. The van der Waals surface area contributed by atoms with Crippen LogP contribution < -0.4 is 15.4 Å². The second-order valence-electron chi connectivity index (χ2n) is 7.41. The van der Waals surface area contributed by atoms with Crippen molar-refractivity contribution in [1.29, 1.82) is 0 Å². The first-order chi connectivity index (χ1) is 13.2. The number of hydrogen-bond acceptors (Lipinski definition) is 3. The number of halogens is 1. The third-order valence-electron chi connectivity index (χ3n) is 5.25. The van der Waals surface area contributed by atoms with E-state index in [0.717, 1.165) is 44.2 Å². The highest BCUT2D eigenvalue weighted by atomic mass is 127. The lowest BCUT2D eigenvalue weighted by Crippen LogP contribution is -2.38. The van der Waals surface area contributed by atoms with Gasteiger partial charge in [-0.25, -0.2) is 0 Å². The van der Waals surface area contributed by atoms with Gasteiger partial charge in [-0.15, -0.1) is 24.0 Å². The van der Waals surface area contributed by atoms with Gasteiger partial charge in [-0.3, -0.25) is 4.99 Å². The maximum Gasteiger partial charge on any atom is 0.191 e. The van der Waals surface area contributed by atoms with Crippen LogP contribution in [0.2, 0.25) is 0 Å². The zero-order valence-corrected chi connectivity index (χ0v) is 20.2. The summed E-state index contributed by atoms with van der Waals surface area (Å²) in [4.78, 5) is 7.31. The summed E-state index contributed by atoms with van der Waals surface area (Å²) >= 11 is 0. The Balaban J connectivity index is 0.00000392. The lowest BCUT2D eigenvalue weighted by molar-refractivity contribution is 0.331. The predicted molar refractivity (Wildman–Crippen MR) is 130 cm³/mol. The smallest absolute Gasteiger partial charge is 0.191 e. The molecule has 1 aromatic rings. The number of rotatable bonds is 11. The van der Waals surface area contributed by atoms with Gasteiger partial charge >= 0.3 is 0 Å². The number of methoxy groups -OCH3 is 1. The normalized spacial score (nSPS) is 15.8. The summed E-state index contributed by atoms with van der Waals surface area (Å²) in [5, 5.41) is 6.83. The van der Waals surface area contributed by atoms with Crippen LogP contribution >= 0.6 is 24.0 Å². The molecule has 2 rings (SSSR count). The Morgan fingerprint density at radius 3 is 2.50 bits per heavy atom. The highest BCUT2D eigenvalue weighted by molar-refractivity contribution is 14.0. The van der Waals surface area contributed by atoms with Gasteiger partial charge in [0.2, 0.25) is 0 Å². The van der Waals surface area contributed by atoms with E-state index in [1.807, 2.05) is 12.1 Å². The molecular weight excluding hydrogens is 463 g/mol. The van der Waals surface area contributed by atoms with E-state index in [-0.39, 0.29) is 24.0 Å². The molecule has 28 heavy (non-hydrogen) atoms. The number of unbranched alkanes of at least 4 members (excludes halogenated alkanes) is 1. The van der Waals surface area contributed by atoms with Crippen LogP contribution in [0.25, 0.3) is 0 Å². The largest absolute Gasteiger partial charge is 0.497 e. The van der Waals surface area contributed by atoms with Crippen LogP contribution in [0.4, 0.5) is 0 Å². The van der Waals surface area contributed by atoms with Crippen molar-refractivity contribution >= 4 is 29.9 Å². The van der Waals surface area contributed by atoms with Crippen LogP contribution in [-0.2, 0) is 0 Å². The van der Waals surface area contributed by atoms with Gasteiger partial charge in [-0.2, -0.15) is 0 Å². The van der Waals surface area contributed by atoms with Gasteiger partial charge in [0, 0.05) is 19.6 Å². The fourth-order valence-electron chi connectivity index (χ4n) is 3.49. The van der Waals surface area contributed by atoms with Crippen molar-refractivity contribution < 1.29 is 4.74 Å². The second kappa shape index (κ2) is 14.9. The van der Waals surface area contributed by atoms with Crippen LogP contribution in [0.1, 0.15) is 57.4 Å². The van der Waals surface area contributed by atoms with E-state index >= 15 is 0 Å². The first kappa shape index (κ1) is 25.0. The van der Waals surface area contributed by atoms with E-state index in [4.69, 9.17) is 9.73 Å². The molecule has 0 aliphatic carbocycles. The van der Waals surface area contributed by atoms with Gasteiger partial charge in [0.15, 0.2) is 5.96 Å². The summed E-state index contributed by atoms with van der Waals surface area (Å²) in [6.45, 7) is 10.9. The SMILES string of the molecule is CCNC(=NCCCCN1CCCC1)NCCC(C)c1ccc(OC)cc1.I. The van der Waals surface area contributed by atoms with Crippen molar-refractivity contribution in [3.63, 3.8) is 0 Å². The Morgan fingerprint density at radius 1 is 1.14 bits per heavy atom. The van der Waals surface area contributed by atoms with E-state index in [2.05, 4.69) is 41.5 Å². The van der Waals surface area contributed by atoms with Gasteiger partial charge in [0.25, 0.3) is 0 Å². The number of nitrogens with one attached hydrogen (secondary N) is 2. The highest BCUT2D eigenvalue weighted by Gasteiger charge is 2.10. The average molecular weight is 502 g/mol. The molecule has 0 amide bonds. The third-order valence-corrected chi connectivity index (χ3v) is 5.25. The molecule has 1 heterocycles. The monoisotopic (exact) mass is 502 g/mol. The predicted octanol–water partition coefficient (Wildman–Crippen LogP) is 4.24. The molecule has 0 aromatic heterocycles. The Bertz CT molecular complexity index is 544. The molecule has 1 atom stereocenters. The third kappa shape index (κ3) is 9.45. The van der Waals surface area contributed by atoms with E-state index in [0.29, 0.717) is 5.92 Å². The summed E-state index contributed by atoms with van der Waals surface area (Å²) in [5.41, 5.74) is 1.35. The molecule has 1 saturated heterocycles. The molecule has 2 N–H and O–H groups in total. The van der Waals surface area contributed by atoms with Crippen LogP contribution in [-0.4, -0.2) is 57.2 Å². The van der Waals surface area contributed by atoms with Gasteiger partial charge in [0.1, 0.15) is 5.75 Å². The maximum atomic E-state index is 5.23. The number of ether oxygens (including phenoxy) is 1. The summed E-state index contributed by atoms with van der Waals surface area (Å²) in [6, 6.07) is 8.38. The summed E-state index contributed by atoms with van der Waals surface area (Å²) < 4.78 is 5.23. The quantitative estimate of drug-likeness (QED) is 0.206. The molecule has 0 saturated carbocycles. The molecule has 0 bridgehead atoms. The average Bonchev–Trinajstić information content (AvgIpc) is 3.21. The zero-order chi connectivity index (χ0) is 19.3. The van der Waals surface area contributed by atoms with Crippen molar-refractivity contribution in [2.75, 3.05) is 46.4 Å². The standard InChI is InChI=1S/C22H38N4O.HI/c1-4-23-22(24-14-5-6-16-26-17-7-8-18-26)25-15-13-19(2)20-9-11-21(27-3)12-10-20;/h9-12,19H,4-8,13-18H2,1-3H3,(H2,23,24,25);1H. The minimum Gasteiger partial charge on any atom is -0.497 e. The Kier molecular flexibility index (Phi) is 13.3. The summed E-state index contributed by atoms with van der Waals surface area (Å²) in [7, 11) is 1.70. The molecule has 1 aromatic carbocycles. The van der Waals surface area contributed by atoms with E-state index < -0.39 is 0 Å². The number of hydrogen-bond donors (Lipinski definition) is 2. The van der Waals surface area contributed by atoms with Crippen molar-refractivity contribution in [2.24, 2.45) is 4.99 Å². The Labute approximate surface area is 188 Å². The summed E-state index contributed by atoms with van der Waals surface area (Å²) in [6.07, 6.45) is 6.24. The molecule has 160 valence electrons. The molecular formula is C22H39IN4O. The molecule has 0 radical (unpaired) electrons. The van der Waals surface area contributed by atoms with Crippen molar-refractivity contribution in [3.05, 3.63) is 29.8 Å². The molecule has 1 unspecified atom stereocenters. The number of nitrogens with zero attached hydrogens (tertiary/aromatic N) is 2. The fraction of sp³-hybridized carbons (Fsp3) is 0.682. The lowest BCUT2D eigenvalue weighted by Gasteiger charge is -2.16. The second-order valence-corrected chi connectivity index (χ2v) is 7.41. The van der Waals surface area contributed by atoms with Gasteiger partial charge in [0.05, 0.1) is 7.11 Å². The van der Waals surface area contributed by atoms with Crippen LogP contribution in [0.3, 0.4) is 0 Å². The van der Waals surface area contributed by atoms with E-state index in [1.165, 1.54) is 44.5 Å². The number of likely N-dealkylation sites (tertiary alicyclic amines) is 1. The number of benzene rings is 1. The van der Waals surface area contributed by atoms with Crippen LogP contribution in [0.15, 0.2) is 29.3 Å². The lowest BCUT2D eigenvalue weighted by atomic mass is 9.98. The molecule has 1 aliphatic heterocycles. The molecule has 0 spiro atoms.